The average Bonchev–Trinajstić information content (AvgIpc) is 2.70. The predicted octanol–water partition coefficient (Wildman–Crippen LogP) is 3.33. The lowest BCUT2D eigenvalue weighted by atomic mass is 10.1. The van der Waals surface area contributed by atoms with Gasteiger partial charge in [0, 0.05) is 19.4 Å². The monoisotopic (exact) mass is 376 g/mol. The highest BCUT2D eigenvalue weighted by atomic mass is 127. The van der Waals surface area contributed by atoms with Crippen LogP contribution in [-0.2, 0) is 13.5 Å². The molecular weight excluding hydrogens is 363 g/mol. The number of aryl methyl sites for hydroxylation is 1. The summed E-state index contributed by atoms with van der Waals surface area (Å²) < 4.78 is 2.82. The van der Waals surface area contributed by atoms with E-state index >= 15 is 0 Å². The molecular formula is C12H14ClIN4. The standard InChI is InChI=1S/C12H14ClIN4/c1-7(2)6-8-9(14)10(13)17-11(16-8)12-15-4-5-18(12)3/h4-5,7H,6H2,1-3H3. The van der Waals surface area contributed by atoms with Crippen LogP contribution in [0.15, 0.2) is 12.4 Å². The molecule has 2 rings (SSSR count). The zero-order valence-electron chi connectivity index (χ0n) is 10.5. The van der Waals surface area contributed by atoms with Gasteiger partial charge in [-0.1, -0.05) is 25.4 Å². The summed E-state index contributed by atoms with van der Waals surface area (Å²) in [5.41, 5.74) is 0.989. The Morgan fingerprint density at radius 1 is 1.39 bits per heavy atom. The van der Waals surface area contributed by atoms with Gasteiger partial charge in [-0.2, -0.15) is 0 Å². The van der Waals surface area contributed by atoms with E-state index in [-0.39, 0.29) is 0 Å². The molecule has 0 saturated carbocycles. The number of imidazole rings is 1. The van der Waals surface area contributed by atoms with Gasteiger partial charge in [0.2, 0.25) is 0 Å². The molecule has 2 aromatic rings. The molecule has 0 saturated heterocycles. The van der Waals surface area contributed by atoms with Crippen molar-refractivity contribution >= 4 is 34.2 Å². The lowest BCUT2D eigenvalue weighted by molar-refractivity contribution is 0.631. The fourth-order valence-electron chi connectivity index (χ4n) is 1.67. The summed E-state index contributed by atoms with van der Waals surface area (Å²) in [4.78, 5) is 13.2. The molecule has 0 amide bonds. The van der Waals surface area contributed by atoms with E-state index in [0.29, 0.717) is 16.9 Å². The lowest BCUT2D eigenvalue weighted by Crippen LogP contribution is -2.06. The van der Waals surface area contributed by atoms with Crippen LogP contribution >= 0.6 is 34.2 Å². The second kappa shape index (κ2) is 5.52. The van der Waals surface area contributed by atoms with Gasteiger partial charge < -0.3 is 4.57 Å². The van der Waals surface area contributed by atoms with E-state index in [9.17, 15) is 0 Å². The molecule has 0 spiro atoms. The maximum Gasteiger partial charge on any atom is 0.197 e. The summed E-state index contributed by atoms with van der Waals surface area (Å²) in [5.74, 6) is 1.85. The molecule has 4 nitrogen and oxygen atoms in total. The number of hydrogen-bond acceptors (Lipinski definition) is 3. The molecule has 0 aliphatic carbocycles. The third kappa shape index (κ3) is 2.83. The third-order valence-electron chi connectivity index (χ3n) is 2.50. The molecule has 6 heteroatoms. The predicted molar refractivity (Wildman–Crippen MR) is 80.5 cm³/mol. The minimum absolute atomic E-state index is 0.499. The lowest BCUT2D eigenvalue weighted by Gasteiger charge is -2.10. The van der Waals surface area contributed by atoms with Crippen LogP contribution in [0.4, 0.5) is 0 Å². The van der Waals surface area contributed by atoms with E-state index < -0.39 is 0 Å². The highest BCUT2D eigenvalue weighted by molar-refractivity contribution is 14.1. The minimum atomic E-state index is 0.499. The first-order valence-electron chi connectivity index (χ1n) is 5.68. The molecule has 0 aliphatic rings. The molecule has 0 bridgehead atoms. The molecule has 0 radical (unpaired) electrons. The second-order valence-electron chi connectivity index (χ2n) is 4.56. The third-order valence-corrected chi connectivity index (χ3v) is 4.23. The fourth-order valence-corrected chi connectivity index (χ4v) is 2.32. The molecule has 0 aromatic carbocycles. The van der Waals surface area contributed by atoms with Crippen LogP contribution in [-0.4, -0.2) is 19.5 Å². The molecule has 0 atom stereocenters. The molecule has 0 N–H and O–H groups in total. The molecule has 0 fully saturated rings. The Labute approximate surface area is 125 Å². The zero-order chi connectivity index (χ0) is 13.3. The largest absolute Gasteiger partial charge is 0.331 e. The Bertz CT molecular complexity index is 565. The normalized spacial score (nSPS) is 11.2. The maximum absolute atomic E-state index is 6.18. The Kier molecular flexibility index (Phi) is 4.21. The van der Waals surface area contributed by atoms with Crippen LogP contribution in [0.1, 0.15) is 19.5 Å². The van der Waals surface area contributed by atoms with Crippen molar-refractivity contribution in [3.8, 4) is 11.6 Å². The van der Waals surface area contributed by atoms with Crippen LogP contribution in [0.5, 0.6) is 0 Å². The van der Waals surface area contributed by atoms with E-state index in [0.717, 1.165) is 21.5 Å². The number of aromatic nitrogens is 4. The van der Waals surface area contributed by atoms with Crippen molar-refractivity contribution in [3.05, 3.63) is 26.8 Å². The molecule has 0 unspecified atom stereocenters. The first kappa shape index (κ1) is 13.7. The number of rotatable bonds is 3. The van der Waals surface area contributed by atoms with Gasteiger partial charge in [0.25, 0.3) is 0 Å². The summed E-state index contributed by atoms with van der Waals surface area (Å²) >= 11 is 8.37. The van der Waals surface area contributed by atoms with E-state index in [4.69, 9.17) is 11.6 Å². The van der Waals surface area contributed by atoms with Crippen molar-refractivity contribution in [3.63, 3.8) is 0 Å². The Balaban J connectivity index is 2.51. The highest BCUT2D eigenvalue weighted by Gasteiger charge is 2.15. The van der Waals surface area contributed by atoms with Gasteiger partial charge in [-0.15, -0.1) is 0 Å². The van der Waals surface area contributed by atoms with Crippen LogP contribution in [0.2, 0.25) is 5.15 Å². The number of halogens is 2. The van der Waals surface area contributed by atoms with Crippen molar-refractivity contribution in [1.29, 1.82) is 0 Å². The van der Waals surface area contributed by atoms with Gasteiger partial charge in [-0.05, 0) is 34.9 Å². The zero-order valence-corrected chi connectivity index (χ0v) is 13.4. The first-order chi connectivity index (χ1) is 8.49. The van der Waals surface area contributed by atoms with Crippen LogP contribution < -0.4 is 0 Å². The van der Waals surface area contributed by atoms with Crippen LogP contribution in [0.3, 0.4) is 0 Å². The average molecular weight is 377 g/mol. The maximum atomic E-state index is 6.18. The molecule has 2 aromatic heterocycles. The first-order valence-corrected chi connectivity index (χ1v) is 7.14. The quantitative estimate of drug-likeness (QED) is 0.609. The van der Waals surface area contributed by atoms with Crippen LogP contribution in [0.25, 0.3) is 11.6 Å². The van der Waals surface area contributed by atoms with Gasteiger partial charge in [0.15, 0.2) is 11.6 Å². The molecule has 2 heterocycles. The smallest absolute Gasteiger partial charge is 0.197 e. The number of hydrogen-bond donors (Lipinski definition) is 0. The van der Waals surface area contributed by atoms with Crippen molar-refractivity contribution in [2.75, 3.05) is 0 Å². The van der Waals surface area contributed by atoms with Gasteiger partial charge in [0.1, 0.15) is 5.15 Å². The summed E-state index contributed by atoms with van der Waals surface area (Å²) in [7, 11) is 1.92. The van der Waals surface area contributed by atoms with E-state index in [1.54, 1.807) is 6.20 Å². The molecule has 0 aliphatic heterocycles. The van der Waals surface area contributed by atoms with Crippen LogP contribution in [0, 0.1) is 9.49 Å². The van der Waals surface area contributed by atoms with Gasteiger partial charge in [0.05, 0.1) is 9.26 Å². The van der Waals surface area contributed by atoms with Crippen molar-refractivity contribution in [1.82, 2.24) is 19.5 Å². The Hall–Kier alpha value is -0.690. The van der Waals surface area contributed by atoms with Gasteiger partial charge in [-0.25, -0.2) is 15.0 Å². The Morgan fingerprint density at radius 2 is 2.11 bits per heavy atom. The summed E-state index contributed by atoms with van der Waals surface area (Å²) in [6.07, 6.45) is 4.48. The number of nitrogens with zero attached hydrogens (tertiary/aromatic N) is 4. The van der Waals surface area contributed by atoms with Gasteiger partial charge >= 0.3 is 0 Å². The highest BCUT2D eigenvalue weighted by Crippen LogP contribution is 2.24. The summed E-state index contributed by atoms with van der Waals surface area (Å²) in [5, 5.41) is 0.499. The van der Waals surface area contributed by atoms with E-state index in [1.165, 1.54) is 0 Å². The van der Waals surface area contributed by atoms with E-state index in [1.807, 2.05) is 17.8 Å². The Morgan fingerprint density at radius 3 is 2.67 bits per heavy atom. The second-order valence-corrected chi connectivity index (χ2v) is 6.00. The summed E-state index contributed by atoms with van der Waals surface area (Å²) in [6, 6.07) is 0. The minimum Gasteiger partial charge on any atom is -0.331 e. The fraction of sp³-hybridized carbons (Fsp3) is 0.417. The topological polar surface area (TPSA) is 43.6 Å². The van der Waals surface area contributed by atoms with Crippen molar-refractivity contribution in [2.24, 2.45) is 13.0 Å². The molecule has 96 valence electrons. The van der Waals surface area contributed by atoms with E-state index in [2.05, 4.69) is 51.4 Å². The summed E-state index contributed by atoms with van der Waals surface area (Å²) in [6.45, 7) is 4.32. The van der Waals surface area contributed by atoms with Crippen molar-refractivity contribution < 1.29 is 0 Å². The van der Waals surface area contributed by atoms with Gasteiger partial charge in [-0.3, -0.25) is 0 Å². The van der Waals surface area contributed by atoms with Crippen molar-refractivity contribution in [2.45, 2.75) is 20.3 Å². The molecule has 18 heavy (non-hydrogen) atoms. The SMILES string of the molecule is CC(C)Cc1nc(-c2nccn2C)nc(Cl)c1I.